The van der Waals surface area contributed by atoms with Crippen LogP contribution in [0.25, 0.3) is 0 Å². The molecule has 2 N–H and O–H groups in total. The van der Waals surface area contributed by atoms with E-state index in [4.69, 9.17) is 14.2 Å². The van der Waals surface area contributed by atoms with Gasteiger partial charge in [0, 0.05) is 24.1 Å². The van der Waals surface area contributed by atoms with E-state index in [1.54, 1.807) is 47.1 Å². The van der Waals surface area contributed by atoms with Crippen LogP contribution >= 0.6 is 0 Å². The van der Waals surface area contributed by atoms with Crippen LogP contribution < -0.4 is 14.8 Å². The van der Waals surface area contributed by atoms with Crippen LogP contribution in [0.3, 0.4) is 0 Å². The first-order valence-electron chi connectivity index (χ1n) is 7.10. The molecule has 0 saturated heterocycles. The first-order valence-corrected chi connectivity index (χ1v) is 7.10. The predicted octanol–water partition coefficient (Wildman–Crippen LogP) is 2.30. The fourth-order valence-corrected chi connectivity index (χ4v) is 1.95. The summed E-state index contributed by atoms with van der Waals surface area (Å²) in [4.78, 5) is 11.7. The summed E-state index contributed by atoms with van der Waals surface area (Å²) in [5.41, 5.74) is 0.234. The average Bonchev–Trinajstić information content (AvgIpc) is 2.46. The SMILES string of the molecule is COc1ccc([C@H](CO)CNC(=O)OC(C)(C)C)c(OC)c1. The Hall–Kier alpha value is -1.95. The Labute approximate surface area is 131 Å². The van der Waals surface area contributed by atoms with Crippen LogP contribution in [0.1, 0.15) is 32.3 Å². The monoisotopic (exact) mass is 311 g/mol. The van der Waals surface area contributed by atoms with E-state index in [1.807, 2.05) is 6.07 Å². The Morgan fingerprint density at radius 2 is 1.95 bits per heavy atom. The highest BCUT2D eigenvalue weighted by molar-refractivity contribution is 5.67. The van der Waals surface area contributed by atoms with E-state index in [2.05, 4.69) is 5.32 Å². The summed E-state index contributed by atoms with van der Waals surface area (Å²) in [5.74, 6) is 0.968. The van der Waals surface area contributed by atoms with Crippen molar-refractivity contribution in [2.24, 2.45) is 0 Å². The van der Waals surface area contributed by atoms with Gasteiger partial charge in [0.25, 0.3) is 0 Å². The lowest BCUT2D eigenvalue weighted by Gasteiger charge is -2.22. The van der Waals surface area contributed by atoms with Crippen molar-refractivity contribution < 1.29 is 24.1 Å². The minimum absolute atomic E-state index is 0.127. The molecule has 0 aliphatic rings. The number of carbonyl (C=O) groups excluding carboxylic acids is 1. The van der Waals surface area contributed by atoms with Gasteiger partial charge in [-0.15, -0.1) is 0 Å². The van der Waals surface area contributed by atoms with Gasteiger partial charge < -0.3 is 24.6 Å². The summed E-state index contributed by atoms with van der Waals surface area (Å²) in [7, 11) is 3.12. The van der Waals surface area contributed by atoms with Gasteiger partial charge in [0.15, 0.2) is 0 Å². The third kappa shape index (κ3) is 5.44. The summed E-state index contributed by atoms with van der Waals surface area (Å²) in [6.07, 6.45) is -0.515. The maximum atomic E-state index is 11.7. The first kappa shape index (κ1) is 18.1. The second-order valence-electron chi connectivity index (χ2n) is 5.87. The van der Waals surface area contributed by atoms with Crippen LogP contribution in [0.5, 0.6) is 11.5 Å². The van der Waals surface area contributed by atoms with Gasteiger partial charge in [-0.1, -0.05) is 6.07 Å². The van der Waals surface area contributed by atoms with Gasteiger partial charge >= 0.3 is 6.09 Å². The standard InChI is InChI=1S/C16H25NO5/c1-16(2,3)22-15(19)17-9-11(10-18)13-7-6-12(20-4)8-14(13)21-5/h6-8,11,18H,9-10H2,1-5H3,(H,17,19)/t11-/m0/s1. The van der Waals surface area contributed by atoms with Crippen molar-refractivity contribution in [3.8, 4) is 11.5 Å². The fourth-order valence-electron chi connectivity index (χ4n) is 1.95. The molecule has 22 heavy (non-hydrogen) atoms. The molecule has 124 valence electrons. The molecular weight excluding hydrogens is 286 g/mol. The number of hydrogen-bond acceptors (Lipinski definition) is 5. The number of methoxy groups -OCH3 is 2. The van der Waals surface area contributed by atoms with Crippen molar-refractivity contribution in [3.63, 3.8) is 0 Å². The molecule has 1 aromatic rings. The van der Waals surface area contributed by atoms with E-state index in [9.17, 15) is 9.90 Å². The summed E-state index contributed by atoms with van der Waals surface area (Å²) in [5, 5.41) is 12.3. The molecule has 0 bridgehead atoms. The number of aliphatic hydroxyl groups is 1. The molecule has 0 heterocycles. The number of nitrogens with one attached hydrogen (secondary N) is 1. The quantitative estimate of drug-likeness (QED) is 0.843. The molecule has 0 saturated carbocycles. The fraction of sp³-hybridized carbons (Fsp3) is 0.562. The van der Waals surface area contributed by atoms with Gasteiger partial charge in [-0.3, -0.25) is 0 Å². The van der Waals surface area contributed by atoms with Gasteiger partial charge in [0.1, 0.15) is 17.1 Å². The number of aliphatic hydroxyl groups excluding tert-OH is 1. The highest BCUT2D eigenvalue weighted by atomic mass is 16.6. The second-order valence-corrected chi connectivity index (χ2v) is 5.87. The van der Waals surface area contributed by atoms with Crippen molar-refractivity contribution in [1.82, 2.24) is 5.32 Å². The van der Waals surface area contributed by atoms with Crippen LogP contribution in [0, 0.1) is 0 Å². The molecule has 0 aliphatic heterocycles. The zero-order chi connectivity index (χ0) is 16.8. The highest BCUT2D eigenvalue weighted by Gasteiger charge is 2.20. The smallest absolute Gasteiger partial charge is 0.407 e. The van der Waals surface area contributed by atoms with Gasteiger partial charge in [0.2, 0.25) is 0 Å². The lowest BCUT2D eigenvalue weighted by atomic mass is 9.98. The van der Waals surface area contributed by atoms with Gasteiger partial charge in [0.05, 0.1) is 20.8 Å². The molecule has 0 unspecified atom stereocenters. The molecule has 1 rings (SSSR count). The van der Waals surface area contributed by atoms with Crippen molar-refractivity contribution in [2.45, 2.75) is 32.3 Å². The normalized spacial score (nSPS) is 12.5. The average molecular weight is 311 g/mol. The summed E-state index contributed by atoms with van der Waals surface area (Å²) in [6, 6.07) is 5.34. The molecule has 0 aromatic heterocycles. The Kier molecular flexibility index (Phi) is 6.49. The molecular formula is C16H25NO5. The van der Waals surface area contributed by atoms with Crippen LogP contribution in [0.2, 0.25) is 0 Å². The maximum absolute atomic E-state index is 11.7. The van der Waals surface area contributed by atoms with E-state index in [1.165, 1.54) is 0 Å². The van der Waals surface area contributed by atoms with Crippen molar-refractivity contribution in [3.05, 3.63) is 23.8 Å². The van der Waals surface area contributed by atoms with E-state index in [0.29, 0.717) is 11.5 Å². The van der Waals surface area contributed by atoms with Crippen molar-refractivity contribution in [1.29, 1.82) is 0 Å². The predicted molar refractivity (Wildman–Crippen MR) is 83.6 cm³/mol. The number of hydrogen-bond donors (Lipinski definition) is 2. The second kappa shape index (κ2) is 7.89. The number of ether oxygens (including phenoxy) is 3. The zero-order valence-corrected chi connectivity index (χ0v) is 13.8. The Balaban J connectivity index is 2.78. The first-order chi connectivity index (χ1) is 10.3. The number of carbonyl (C=O) groups is 1. The number of benzene rings is 1. The van der Waals surface area contributed by atoms with Crippen molar-refractivity contribution >= 4 is 6.09 Å². The molecule has 1 aromatic carbocycles. The van der Waals surface area contributed by atoms with E-state index in [0.717, 1.165) is 5.56 Å². The van der Waals surface area contributed by atoms with Crippen LogP contribution in [0.15, 0.2) is 18.2 Å². The zero-order valence-electron chi connectivity index (χ0n) is 13.8. The Bertz CT molecular complexity index is 496. The summed E-state index contributed by atoms with van der Waals surface area (Å²) in [6.45, 7) is 5.50. The molecule has 0 radical (unpaired) electrons. The minimum atomic E-state index is -0.559. The third-order valence-electron chi connectivity index (χ3n) is 2.99. The van der Waals surface area contributed by atoms with E-state index >= 15 is 0 Å². The number of alkyl carbamates (subject to hydrolysis) is 1. The molecule has 1 amide bonds. The summed E-state index contributed by atoms with van der Waals surface area (Å²) >= 11 is 0. The van der Waals surface area contributed by atoms with E-state index in [-0.39, 0.29) is 19.1 Å². The molecule has 0 aliphatic carbocycles. The Morgan fingerprint density at radius 3 is 2.45 bits per heavy atom. The molecule has 6 nitrogen and oxygen atoms in total. The van der Waals surface area contributed by atoms with Crippen molar-refractivity contribution in [2.75, 3.05) is 27.4 Å². The van der Waals surface area contributed by atoms with Gasteiger partial charge in [-0.2, -0.15) is 0 Å². The molecule has 0 fully saturated rings. The lowest BCUT2D eigenvalue weighted by molar-refractivity contribution is 0.0520. The number of rotatable bonds is 6. The van der Waals surface area contributed by atoms with Crippen LogP contribution in [-0.4, -0.2) is 44.2 Å². The topological polar surface area (TPSA) is 77.0 Å². The van der Waals surface area contributed by atoms with E-state index < -0.39 is 11.7 Å². The summed E-state index contributed by atoms with van der Waals surface area (Å²) < 4.78 is 15.6. The number of amides is 1. The van der Waals surface area contributed by atoms with Gasteiger partial charge in [-0.05, 0) is 26.8 Å². The van der Waals surface area contributed by atoms with Gasteiger partial charge in [-0.25, -0.2) is 4.79 Å². The maximum Gasteiger partial charge on any atom is 0.407 e. The van der Waals surface area contributed by atoms with Crippen LogP contribution in [0.4, 0.5) is 4.79 Å². The molecule has 1 atom stereocenters. The lowest BCUT2D eigenvalue weighted by Crippen LogP contribution is -2.35. The molecule has 0 spiro atoms. The largest absolute Gasteiger partial charge is 0.497 e. The van der Waals surface area contributed by atoms with Crippen LogP contribution in [-0.2, 0) is 4.74 Å². The third-order valence-corrected chi connectivity index (χ3v) is 2.99. The minimum Gasteiger partial charge on any atom is -0.497 e. The highest BCUT2D eigenvalue weighted by Crippen LogP contribution is 2.30. The Morgan fingerprint density at radius 1 is 1.27 bits per heavy atom. The molecule has 6 heteroatoms.